The van der Waals surface area contributed by atoms with Crippen molar-refractivity contribution < 1.29 is 23.1 Å². The number of aromatic nitrogens is 1. The van der Waals surface area contributed by atoms with E-state index in [0.29, 0.717) is 10.5 Å². The first-order chi connectivity index (χ1) is 17.3. The minimum absolute atomic E-state index is 0.221. The van der Waals surface area contributed by atoms with Gasteiger partial charge < -0.3 is 14.4 Å². The van der Waals surface area contributed by atoms with Crippen LogP contribution in [-0.2, 0) is 6.18 Å². The number of alkyl halides is 3. The van der Waals surface area contributed by atoms with E-state index in [0.717, 1.165) is 40.0 Å². The van der Waals surface area contributed by atoms with Crippen LogP contribution in [0.3, 0.4) is 0 Å². The number of carbonyl (C=O) groups is 1. The molecular weight excluding hydrogens is 485 g/mol. The number of halogens is 3. The molecule has 0 aliphatic heterocycles. The van der Waals surface area contributed by atoms with Crippen molar-refractivity contribution in [2.75, 3.05) is 4.72 Å². The van der Waals surface area contributed by atoms with Gasteiger partial charge in [-0.25, -0.2) is 4.79 Å². The Bertz CT molecular complexity index is 1560. The Labute approximate surface area is 209 Å². The predicted molar refractivity (Wildman–Crippen MR) is 137 cm³/mol. The Hall–Kier alpha value is -4.17. The zero-order valence-corrected chi connectivity index (χ0v) is 19.5. The molecule has 1 aromatic heterocycles. The minimum Gasteiger partial charge on any atom is -0.478 e. The molecule has 0 atom stereocenters. The number of hydrogen-bond donors (Lipinski definition) is 2. The second-order valence-corrected chi connectivity index (χ2v) is 8.90. The maximum absolute atomic E-state index is 13.0. The Morgan fingerprint density at radius 1 is 0.861 bits per heavy atom. The van der Waals surface area contributed by atoms with Crippen LogP contribution in [-0.4, -0.2) is 15.6 Å². The van der Waals surface area contributed by atoms with Crippen molar-refractivity contribution in [2.24, 2.45) is 0 Å². The third kappa shape index (κ3) is 4.67. The van der Waals surface area contributed by atoms with Crippen LogP contribution in [0.15, 0.2) is 108 Å². The first kappa shape index (κ1) is 23.6. The monoisotopic (exact) mass is 504 g/mol. The fourth-order valence-electron chi connectivity index (χ4n) is 4.05. The number of hydrogen-bond acceptors (Lipinski definition) is 3. The second-order valence-electron chi connectivity index (χ2n) is 8.05. The third-order valence-electron chi connectivity index (χ3n) is 5.78. The summed E-state index contributed by atoms with van der Waals surface area (Å²) in [6, 6.07) is 27.3. The normalized spacial score (nSPS) is 11.5. The Morgan fingerprint density at radius 2 is 1.61 bits per heavy atom. The lowest BCUT2D eigenvalue weighted by Gasteiger charge is -2.12. The molecule has 0 bridgehead atoms. The third-order valence-corrected chi connectivity index (χ3v) is 6.69. The van der Waals surface area contributed by atoms with Gasteiger partial charge in [0.1, 0.15) is 0 Å². The van der Waals surface area contributed by atoms with Gasteiger partial charge >= 0.3 is 12.1 Å². The number of rotatable bonds is 6. The highest BCUT2D eigenvalue weighted by atomic mass is 32.2. The highest BCUT2D eigenvalue weighted by Gasteiger charge is 2.30. The van der Waals surface area contributed by atoms with Gasteiger partial charge in [0.2, 0.25) is 0 Å². The SMILES string of the molecule is O=C(O)c1ccccc1SNc1cccc(-n2ccc3c(-c4ccc(C(F)(F)F)cc4)cccc32)c1. The number of nitrogens with one attached hydrogen (secondary N) is 1. The molecule has 0 saturated carbocycles. The molecular formula is C28H19F3N2O2S. The van der Waals surface area contributed by atoms with Crippen LogP contribution in [0.2, 0.25) is 0 Å². The Kier molecular flexibility index (Phi) is 6.20. The second kappa shape index (κ2) is 9.47. The van der Waals surface area contributed by atoms with Gasteiger partial charge in [0.15, 0.2) is 0 Å². The summed E-state index contributed by atoms with van der Waals surface area (Å²) in [6.45, 7) is 0. The quantitative estimate of drug-likeness (QED) is 0.229. The fraction of sp³-hybridized carbons (Fsp3) is 0.0357. The zero-order valence-electron chi connectivity index (χ0n) is 18.7. The van der Waals surface area contributed by atoms with Gasteiger partial charge in [-0.05, 0) is 77.7 Å². The molecule has 36 heavy (non-hydrogen) atoms. The lowest BCUT2D eigenvalue weighted by atomic mass is 10.0. The van der Waals surface area contributed by atoms with Crippen LogP contribution in [0.1, 0.15) is 15.9 Å². The average Bonchev–Trinajstić information content (AvgIpc) is 3.32. The lowest BCUT2D eigenvalue weighted by molar-refractivity contribution is -0.137. The van der Waals surface area contributed by atoms with E-state index in [9.17, 15) is 23.1 Å². The van der Waals surface area contributed by atoms with E-state index in [4.69, 9.17) is 0 Å². The minimum atomic E-state index is -4.37. The molecule has 2 N–H and O–H groups in total. The predicted octanol–water partition coefficient (Wildman–Crippen LogP) is 8.13. The molecule has 0 aliphatic rings. The first-order valence-corrected chi connectivity index (χ1v) is 11.8. The van der Waals surface area contributed by atoms with Crippen LogP contribution >= 0.6 is 11.9 Å². The smallest absolute Gasteiger partial charge is 0.416 e. The maximum Gasteiger partial charge on any atom is 0.416 e. The summed E-state index contributed by atoms with van der Waals surface area (Å²) in [5, 5.41) is 10.3. The van der Waals surface area contributed by atoms with E-state index in [2.05, 4.69) is 4.72 Å². The first-order valence-electron chi connectivity index (χ1n) is 10.9. The molecule has 0 fully saturated rings. The molecule has 4 aromatic carbocycles. The van der Waals surface area contributed by atoms with Gasteiger partial charge in [0.25, 0.3) is 0 Å². The van der Waals surface area contributed by atoms with E-state index in [1.54, 1.807) is 24.3 Å². The molecule has 4 nitrogen and oxygen atoms in total. The summed E-state index contributed by atoms with van der Waals surface area (Å²) in [7, 11) is 0. The summed E-state index contributed by atoms with van der Waals surface area (Å²) in [5.74, 6) is -0.990. The van der Waals surface area contributed by atoms with E-state index in [1.165, 1.54) is 24.1 Å². The Morgan fingerprint density at radius 3 is 2.36 bits per heavy atom. The zero-order chi connectivity index (χ0) is 25.3. The molecule has 0 amide bonds. The van der Waals surface area contributed by atoms with E-state index < -0.39 is 17.7 Å². The van der Waals surface area contributed by atoms with Crippen molar-refractivity contribution in [3.63, 3.8) is 0 Å². The largest absolute Gasteiger partial charge is 0.478 e. The van der Waals surface area contributed by atoms with Gasteiger partial charge in [0, 0.05) is 27.9 Å². The van der Waals surface area contributed by atoms with Gasteiger partial charge in [-0.1, -0.05) is 42.5 Å². The maximum atomic E-state index is 13.0. The van der Waals surface area contributed by atoms with Crippen molar-refractivity contribution in [1.29, 1.82) is 0 Å². The van der Waals surface area contributed by atoms with Crippen molar-refractivity contribution in [3.8, 4) is 16.8 Å². The number of carboxylic acid groups (broad SMARTS) is 1. The Balaban J connectivity index is 1.44. The highest BCUT2D eigenvalue weighted by molar-refractivity contribution is 8.00. The number of carboxylic acids is 1. The summed E-state index contributed by atoms with van der Waals surface area (Å²) >= 11 is 1.22. The summed E-state index contributed by atoms with van der Waals surface area (Å²) in [6.07, 6.45) is -2.45. The highest BCUT2D eigenvalue weighted by Crippen LogP contribution is 2.35. The summed E-state index contributed by atoms with van der Waals surface area (Å²) in [4.78, 5) is 12.1. The van der Waals surface area contributed by atoms with Crippen LogP contribution in [0.5, 0.6) is 0 Å². The molecule has 0 aliphatic carbocycles. The molecule has 1 heterocycles. The number of aromatic carboxylic acids is 1. The standard InChI is InChI=1S/C28H19F3N2O2S/c29-28(30,31)19-13-11-18(12-14-19)22-8-4-9-25-23(22)15-16-33(25)21-6-3-5-20(17-21)32-36-26-10-2-1-7-24(26)27(34)35/h1-17,32H,(H,34,35). The fourth-order valence-corrected chi connectivity index (χ4v) is 4.82. The van der Waals surface area contributed by atoms with Gasteiger partial charge in [-0.2, -0.15) is 13.2 Å². The van der Waals surface area contributed by atoms with Crippen molar-refractivity contribution in [1.82, 2.24) is 4.57 Å². The van der Waals surface area contributed by atoms with E-state index in [1.807, 2.05) is 59.3 Å². The number of benzene rings is 4. The molecule has 180 valence electrons. The molecule has 5 rings (SSSR count). The van der Waals surface area contributed by atoms with Crippen molar-refractivity contribution in [2.45, 2.75) is 11.1 Å². The molecule has 0 radical (unpaired) electrons. The molecule has 8 heteroatoms. The summed E-state index contributed by atoms with van der Waals surface area (Å²) < 4.78 is 44.1. The molecule has 0 saturated heterocycles. The van der Waals surface area contributed by atoms with Crippen LogP contribution < -0.4 is 4.72 Å². The van der Waals surface area contributed by atoms with Crippen molar-refractivity contribution in [3.05, 3.63) is 114 Å². The van der Waals surface area contributed by atoms with Gasteiger partial charge in [-0.3, -0.25) is 0 Å². The van der Waals surface area contributed by atoms with E-state index >= 15 is 0 Å². The lowest BCUT2D eigenvalue weighted by Crippen LogP contribution is -2.03. The molecule has 0 unspecified atom stereocenters. The van der Waals surface area contributed by atoms with Crippen molar-refractivity contribution >= 4 is 34.5 Å². The number of fused-ring (bicyclic) bond motifs is 1. The van der Waals surface area contributed by atoms with Crippen LogP contribution in [0, 0.1) is 0 Å². The van der Waals surface area contributed by atoms with E-state index in [-0.39, 0.29) is 5.56 Å². The number of nitrogens with zero attached hydrogens (tertiary/aromatic N) is 1. The van der Waals surface area contributed by atoms with Crippen LogP contribution in [0.25, 0.3) is 27.7 Å². The number of anilines is 1. The average molecular weight is 505 g/mol. The van der Waals surface area contributed by atoms with Gasteiger partial charge in [0.05, 0.1) is 16.6 Å². The molecule has 0 spiro atoms. The summed E-state index contributed by atoms with van der Waals surface area (Å²) in [5.41, 5.74) is 3.67. The van der Waals surface area contributed by atoms with Crippen LogP contribution in [0.4, 0.5) is 18.9 Å². The topological polar surface area (TPSA) is 54.3 Å². The van der Waals surface area contributed by atoms with Gasteiger partial charge in [-0.15, -0.1) is 0 Å². The molecule has 5 aromatic rings.